The molecule has 1 amide bonds. The number of nitrogens with zero attached hydrogens (tertiary/aromatic N) is 4. The lowest BCUT2D eigenvalue weighted by molar-refractivity contribution is -0.119. The SMILES string of the molecule is CC(=O)NC(C)c1ccnc2c(F)cc(-c3nc(NC4CCN(S(=O)(=O)C5CC5)CC4)ncc3F)cc12. The van der Waals surface area contributed by atoms with Crippen LogP contribution in [-0.2, 0) is 14.8 Å². The second-order valence-corrected chi connectivity index (χ2v) is 11.8. The Kier molecular flexibility index (Phi) is 6.80. The number of carbonyl (C=O) groups is 1. The Hall–Kier alpha value is -3.25. The molecule has 5 rings (SSSR count). The third-order valence-electron chi connectivity index (χ3n) is 6.83. The molecule has 3 heterocycles. The highest BCUT2D eigenvalue weighted by Gasteiger charge is 2.41. The largest absolute Gasteiger partial charge is 0.351 e. The highest BCUT2D eigenvalue weighted by Crippen LogP contribution is 2.33. The Labute approximate surface area is 213 Å². The van der Waals surface area contributed by atoms with E-state index < -0.39 is 27.7 Å². The van der Waals surface area contributed by atoms with Gasteiger partial charge < -0.3 is 10.6 Å². The van der Waals surface area contributed by atoms with E-state index in [0.717, 1.165) is 19.0 Å². The molecule has 1 aliphatic carbocycles. The lowest BCUT2D eigenvalue weighted by Crippen LogP contribution is -2.43. The monoisotopic (exact) mass is 530 g/mol. The van der Waals surface area contributed by atoms with Crippen LogP contribution in [0, 0.1) is 11.6 Å². The predicted molar refractivity (Wildman–Crippen MR) is 135 cm³/mol. The van der Waals surface area contributed by atoms with Gasteiger partial charge in [-0.1, -0.05) is 0 Å². The Bertz CT molecular complexity index is 1460. The third-order valence-corrected chi connectivity index (χ3v) is 9.23. The number of piperidine rings is 1. The number of benzene rings is 1. The first-order valence-electron chi connectivity index (χ1n) is 12.3. The molecule has 3 aromatic rings. The Morgan fingerprint density at radius 1 is 1.11 bits per heavy atom. The lowest BCUT2D eigenvalue weighted by atomic mass is 9.99. The summed E-state index contributed by atoms with van der Waals surface area (Å²) in [6, 6.07) is 3.98. The van der Waals surface area contributed by atoms with Gasteiger partial charge in [-0.25, -0.2) is 31.5 Å². The van der Waals surface area contributed by atoms with Gasteiger partial charge in [-0.2, -0.15) is 0 Å². The van der Waals surface area contributed by atoms with Gasteiger partial charge in [0.1, 0.15) is 17.0 Å². The maximum absolute atomic E-state index is 15.1. The van der Waals surface area contributed by atoms with Crippen LogP contribution in [0.15, 0.2) is 30.6 Å². The minimum absolute atomic E-state index is 0.0750. The summed E-state index contributed by atoms with van der Waals surface area (Å²) >= 11 is 0. The first-order chi connectivity index (χ1) is 17.6. The number of sulfonamides is 1. The van der Waals surface area contributed by atoms with E-state index in [1.54, 1.807) is 23.4 Å². The minimum atomic E-state index is -3.21. The summed E-state index contributed by atoms with van der Waals surface area (Å²) in [6.07, 6.45) is 5.10. The molecule has 1 saturated carbocycles. The Balaban J connectivity index is 1.39. The summed E-state index contributed by atoms with van der Waals surface area (Å²) in [7, 11) is -3.21. The van der Waals surface area contributed by atoms with Gasteiger partial charge >= 0.3 is 0 Å². The van der Waals surface area contributed by atoms with Crippen LogP contribution in [0.4, 0.5) is 14.7 Å². The molecule has 2 fully saturated rings. The summed E-state index contributed by atoms with van der Waals surface area (Å²) in [5.74, 6) is -1.41. The van der Waals surface area contributed by atoms with Crippen LogP contribution < -0.4 is 10.6 Å². The van der Waals surface area contributed by atoms with Crippen molar-refractivity contribution in [2.45, 2.75) is 56.9 Å². The summed E-state index contributed by atoms with van der Waals surface area (Å²) in [4.78, 5) is 24.0. The van der Waals surface area contributed by atoms with E-state index in [9.17, 15) is 17.6 Å². The van der Waals surface area contributed by atoms with E-state index in [4.69, 9.17) is 0 Å². The normalized spacial score (nSPS) is 18.1. The molecule has 2 aliphatic rings. The van der Waals surface area contributed by atoms with Crippen molar-refractivity contribution < 1.29 is 22.0 Å². The number of carbonyl (C=O) groups excluding carboxylic acids is 1. The fourth-order valence-electron chi connectivity index (χ4n) is 4.78. The van der Waals surface area contributed by atoms with Crippen LogP contribution in [-0.4, -0.2) is 58.0 Å². The molecule has 0 bridgehead atoms. The van der Waals surface area contributed by atoms with Crippen LogP contribution in [0.2, 0.25) is 0 Å². The molecular weight excluding hydrogens is 502 g/mol. The van der Waals surface area contributed by atoms with Gasteiger partial charge in [-0.3, -0.25) is 9.78 Å². The molecule has 2 aromatic heterocycles. The molecule has 1 aromatic carbocycles. The van der Waals surface area contributed by atoms with Gasteiger partial charge in [0.05, 0.1) is 17.5 Å². The molecule has 1 saturated heterocycles. The second-order valence-electron chi connectivity index (χ2n) is 9.63. The molecule has 12 heteroatoms. The van der Waals surface area contributed by atoms with Gasteiger partial charge in [-0.15, -0.1) is 0 Å². The summed E-state index contributed by atoms with van der Waals surface area (Å²) in [6.45, 7) is 3.98. The zero-order valence-electron chi connectivity index (χ0n) is 20.5. The number of hydrogen-bond donors (Lipinski definition) is 2. The summed E-state index contributed by atoms with van der Waals surface area (Å²) in [5.41, 5.74) is 0.887. The number of aromatic nitrogens is 3. The highest BCUT2D eigenvalue weighted by atomic mass is 32.2. The summed E-state index contributed by atoms with van der Waals surface area (Å²) < 4.78 is 56.4. The van der Waals surface area contributed by atoms with Crippen molar-refractivity contribution in [2.24, 2.45) is 0 Å². The Morgan fingerprint density at radius 2 is 1.84 bits per heavy atom. The van der Waals surface area contributed by atoms with Crippen molar-refractivity contribution in [1.82, 2.24) is 24.6 Å². The molecule has 1 atom stereocenters. The average molecular weight is 531 g/mol. The van der Waals surface area contributed by atoms with Gasteiger partial charge in [0.15, 0.2) is 5.82 Å². The number of rotatable bonds is 7. The Morgan fingerprint density at radius 3 is 2.51 bits per heavy atom. The molecular formula is C25H28F2N6O3S. The number of nitrogens with one attached hydrogen (secondary N) is 2. The van der Waals surface area contributed by atoms with E-state index in [2.05, 4.69) is 25.6 Å². The highest BCUT2D eigenvalue weighted by molar-refractivity contribution is 7.90. The topological polar surface area (TPSA) is 117 Å². The van der Waals surface area contributed by atoms with Gasteiger partial charge in [0.2, 0.25) is 21.9 Å². The number of pyridine rings is 1. The number of amides is 1. The molecule has 2 N–H and O–H groups in total. The van der Waals surface area contributed by atoms with Crippen molar-refractivity contribution in [3.05, 3.63) is 47.8 Å². The number of anilines is 1. The maximum atomic E-state index is 15.1. The molecule has 9 nitrogen and oxygen atoms in total. The van der Waals surface area contributed by atoms with Gasteiger partial charge in [0, 0.05) is 43.2 Å². The molecule has 1 aliphatic heterocycles. The number of hydrogen-bond acceptors (Lipinski definition) is 7. The lowest BCUT2D eigenvalue weighted by Gasteiger charge is -2.31. The standard InChI is InChI=1S/C25H28F2N6O3S/c1-14(30-15(2)34)19-5-8-28-24-20(19)11-16(12-21(24)26)23-22(27)13-29-25(32-23)31-17-6-9-33(10-7-17)37(35,36)18-3-4-18/h5,8,11-14,17-18H,3-4,6-7,9-10H2,1-2H3,(H,30,34)(H,29,31,32). The van der Waals surface area contributed by atoms with E-state index in [0.29, 0.717) is 36.9 Å². The van der Waals surface area contributed by atoms with Crippen LogP contribution in [0.5, 0.6) is 0 Å². The van der Waals surface area contributed by atoms with Gasteiger partial charge in [-0.05, 0) is 56.4 Å². The van der Waals surface area contributed by atoms with Crippen molar-refractivity contribution in [3.63, 3.8) is 0 Å². The maximum Gasteiger partial charge on any atom is 0.223 e. The number of halogens is 2. The van der Waals surface area contributed by atoms with E-state index >= 15 is 4.39 Å². The molecule has 0 spiro atoms. The third kappa shape index (κ3) is 5.26. The average Bonchev–Trinajstić information content (AvgIpc) is 3.71. The van der Waals surface area contributed by atoms with Crippen molar-refractivity contribution >= 4 is 32.8 Å². The van der Waals surface area contributed by atoms with E-state index in [1.165, 1.54) is 19.2 Å². The van der Waals surface area contributed by atoms with Crippen LogP contribution >= 0.6 is 0 Å². The number of fused-ring (bicyclic) bond motifs is 1. The zero-order valence-corrected chi connectivity index (χ0v) is 21.4. The zero-order chi connectivity index (χ0) is 26.3. The smallest absolute Gasteiger partial charge is 0.223 e. The molecule has 37 heavy (non-hydrogen) atoms. The first kappa shape index (κ1) is 25.4. The summed E-state index contributed by atoms with van der Waals surface area (Å²) in [5, 5.41) is 6.16. The van der Waals surface area contributed by atoms with Crippen LogP contribution in [0.3, 0.4) is 0 Å². The second kappa shape index (κ2) is 9.90. The van der Waals surface area contributed by atoms with Crippen LogP contribution in [0.1, 0.15) is 51.1 Å². The fourth-order valence-corrected chi connectivity index (χ4v) is 6.66. The van der Waals surface area contributed by atoms with Crippen molar-refractivity contribution in [3.8, 4) is 11.3 Å². The van der Waals surface area contributed by atoms with Gasteiger partial charge in [0.25, 0.3) is 0 Å². The van der Waals surface area contributed by atoms with E-state index in [-0.39, 0.29) is 39.9 Å². The van der Waals surface area contributed by atoms with Crippen molar-refractivity contribution in [1.29, 1.82) is 0 Å². The first-order valence-corrected chi connectivity index (χ1v) is 13.8. The molecule has 196 valence electrons. The molecule has 1 unspecified atom stereocenters. The molecule has 0 radical (unpaired) electrons. The predicted octanol–water partition coefficient (Wildman–Crippen LogP) is 3.54. The fraction of sp³-hybridized carbons (Fsp3) is 0.440. The van der Waals surface area contributed by atoms with Crippen molar-refractivity contribution in [2.75, 3.05) is 18.4 Å². The van der Waals surface area contributed by atoms with Crippen LogP contribution in [0.25, 0.3) is 22.2 Å². The van der Waals surface area contributed by atoms with E-state index in [1.807, 2.05) is 0 Å². The minimum Gasteiger partial charge on any atom is -0.351 e. The quantitative estimate of drug-likeness (QED) is 0.480.